The van der Waals surface area contributed by atoms with Crippen LogP contribution in [0.4, 0.5) is 25.1 Å². The van der Waals surface area contributed by atoms with E-state index < -0.39 is 33.6 Å². The molecule has 0 unspecified atom stereocenters. The van der Waals surface area contributed by atoms with Gasteiger partial charge in [0.25, 0.3) is 6.43 Å². The number of anilines is 2. The maximum atomic E-state index is 13.4. The molecule has 2 amide bonds. The minimum absolute atomic E-state index is 0.117. The van der Waals surface area contributed by atoms with E-state index in [-0.39, 0.29) is 16.5 Å². The molecule has 1 aliphatic carbocycles. The van der Waals surface area contributed by atoms with Crippen molar-refractivity contribution >= 4 is 39.0 Å². The van der Waals surface area contributed by atoms with Gasteiger partial charge in [0.1, 0.15) is 10.6 Å². The van der Waals surface area contributed by atoms with Crippen LogP contribution in [0.1, 0.15) is 18.5 Å². The first-order valence-electron chi connectivity index (χ1n) is 10.2. The summed E-state index contributed by atoms with van der Waals surface area (Å²) in [5, 5.41) is 4.91. The topological polar surface area (TPSA) is 127 Å². The van der Waals surface area contributed by atoms with Crippen molar-refractivity contribution in [1.82, 2.24) is 15.3 Å². The molecule has 4 rings (SSSR count). The van der Waals surface area contributed by atoms with Gasteiger partial charge in [0, 0.05) is 22.3 Å². The lowest BCUT2D eigenvalue weighted by atomic mass is 10.1. The second-order valence-corrected chi connectivity index (χ2v) is 10.5. The lowest BCUT2D eigenvalue weighted by molar-refractivity contribution is 0.148. The summed E-state index contributed by atoms with van der Waals surface area (Å²) in [6, 6.07) is 13.0. The van der Waals surface area contributed by atoms with Crippen molar-refractivity contribution in [3.8, 4) is 11.4 Å². The van der Waals surface area contributed by atoms with Crippen LogP contribution in [0.25, 0.3) is 11.4 Å². The number of nitrogens with zero attached hydrogens (tertiary/aromatic N) is 2. The lowest BCUT2D eigenvalue weighted by Gasteiger charge is -2.17. The summed E-state index contributed by atoms with van der Waals surface area (Å²) in [5.41, 5.74) is 7.19. The van der Waals surface area contributed by atoms with Crippen molar-refractivity contribution in [1.29, 1.82) is 0 Å². The number of hydrogen-bond acceptors (Lipinski definition) is 6. The molecular formula is C22H20ClF2N5O3S. The van der Waals surface area contributed by atoms with Crippen LogP contribution in [0.5, 0.6) is 0 Å². The summed E-state index contributed by atoms with van der Waals surface area (Å²) in [7, 11) is -3.76. The number of amides is 2. The highest BCUT2D eigenvalue weighted by Crippen LogP contribution is 2.55. The van der Waals surface area contributed by atoms with Crippen molar-refractivity contribution in [2.75, 3.05) is 17.6 Å². The summed E-state index contributed by atoms with van der Waals surface area (Å²) in [6.07, 6.45) is -1.87. The first kappa shape index (κ1) is 23.8. The number of sulfone groups is 1. The molecule has 178 valence electrons. The molecule has 2 aromatic carbocycles. The number of nitrogen functional groups attached to an aromatic ring is 1. The van der Waals surface area contributed by atoms with Gasteiger partial charge in [0.05, 0.1) is 17.1 Å². The molecule has 34 heavy (non-hydrogen) atoms. The molecular weight excluding hydrogens is 488 g/mol. The Bertz CT molecular complexity index is 1320. The van der Waals surface area contributed by atoms with Crippen LogP contribution in [0.3, 0.4) is 0 Å². The molecule has 0 saturated heterocycles. The molecule has 0 radical (unpaired) electrons. The van der Waals surface area contributed by atoms with E-state index in [0.717, 1.165) is 0 Å². The van der Waals surface area contributed by atoms with Crippen LogP contribution < -0.4 is 16.4 Å². The molecule has 1 heterocycles. The highest BCUT2D eigenvalue weighted by atomic mass is 35.5. The quantitative estimate of drug-likeness (QED) is 0.439. The second-order valence-electron chi connectivity index (χ2n) is 7.76. The van der Waals surface area contributed by atoms with Crippen molar-refractivity contribution in [3.63, 3.8) is 0 Å². The Morgan fingerprint density at radius 3 is 2.32 bits per heavy atom. The van der Waals surface area contributed by atoms with E-state index in [9.17, 15) is 22.0 Å². The molecule has 1 aliphatic rings. The van der Waals surface area contributed by atoms with E-state index in [1.54, 1.807) is 24.3 Å². The Labute approximate surface area is 199 Å². The van der Waals surface area contributed by atoms with Crippen LogP contribution in [-0.4, -0.2) is 37.4 Å². The molecule has 1 fully saturated rings. The maximum Gasteiger partial charge on any atom is 0.319 e. The van der Waals surface area contributed by atoms with Crippen molar-refractivity contribution in [2.24, 2.45) is 0 Å². The van der Waals surface area contributed by atoms with E-state index in [4.69, 9.17) is 17.3 Å². The molecule has 0 spiro atoms. The molecule has 12 heteroatoms. The van der Waals surface area contributed by atoms with Gasteiger partial charge in [-0.2, -0.15) is 0 Å². The molecule has 8 nitrogen and oxygen atoms in total. The number of urea groups is 1. The number of carbonyl (C=O) groups excluding carboxylic acids is 1. The summed E-state index contributed by atoms with van der Waals surface area (Å²) in [5.74, 6) is 0.340. The zero-order valence-corrected chi connectivity index (χ0v) is 19.2. The Balaban J connectivity index is 1.59. The minimum Gasteiger partial charge on any atom is -0.384 e. The fourth-order valence-electron chi connectivity index (χ4n) is 3.49. The Morgan fingerprint density at radius 2 is 1.74 bits per heavy atom. The third-order valence-electron chi connectivity index (χ3n) is 5.37. The predicted molar refractivity (Wildman–Crippen MR) is 124 cm³/mol. The van der Waals surface area contributed by atoms with Gasteiger partial charge in [-0.05, 0) is 61.4 Å². The molecule has 1 saturated carbocycles. The van der Waals surface area contributed by atoms with Crippen LogP contribution in [0.2, 0.25) is 5.02 Å². The SMILES string of the molecule is Nc1cc(C2(S(=O)(=O)c3ccc(Cl)cc3)CC2)nc(-c2ccc(NC(=O)NCC(F)F)cc2)n1. The van der Waals surface area contributed by atoms with Crippen molar-refractivity contribution in [3.05, 3.63) is 65.3 Å². The van der Waals surface area contributed by atoms with Crippen LogP contribution in [0.15, 0.2) is 59.5 Å². The first-order chi connectivity index (χ1) is 16.1. The van der Waals surface area contributed by atoms with Gasteiger partial charge < -0.3 is 16.4 Å². The highest BCUT2D eigenvalue weighted by Gasteiger charge is 2.57. The van der Waals surface area contributed by atoms with Gasteiger partial charge in [-0.25, -0.2) is 32.0 Å². The third-order valence-corrected chi connectivity index (χ3v) is 8.16. The zero-order chi connectivity index (χ0) is 24.5. The van der Waals surface area contributed by atoms with E-state index in [1.807, 2.05) is 5.32 Å². The number of nitrogens with two attached hydrogens (primary N) is 1. The number of halogens is 3. The largest absolute Gasteiger partial charge is 0.384 e. The fourth-order valence-corrected chi connectivity index (χ4v) is 5.58. The zero-order valence-electron chi connectivity index (χ0n) is 17.6. The van der Waals surface area contributed by atoms with E-state index in [0.29, 0.717) is 34.8 Å². The molecule has 0 bridgehead atoms. The number of hydrogen-bond donors (Lipinski definition) is 3. The van der Waals surface area contributed by atoms with Crippen LogP contribution in [-0.2, 0) is 14.6 Å². The fraction of sp³-hybridized carbons (Fsp3) is 0.227. The van der Waals surface area contributed by atoms with Crippen LogP contribution in [0, 0.1) is 0 Å². The average molecular weight is 508 g/mol. The Morgan fingerprint density at radius 1 is 1.09 bits per heavy atom. The van der Waals surface area contributed by atoms with Crippen LogP contribution >= 0.6 is 11.6 Å². The molecule has 1 aromatic heterocycles. The normalized spacial score (nSPS) is 14.6. The summed E-state index contributed by atoms with van der Waals surface area (Å²) in [6.45, 7) is -0.759. The highest BCUT2D eigenvalue weighted by molar-refractivity contribution is 7.92. The lowest BCUT2D eigenvalue weighted by Crippen LogP contribution is -2.32. The number of alkyl halides is 2. The van der Waals surface area contributed by atoms with Crippen molar-refractivity contribution < 1.29 is 22.0 Å². The number of nitrogens with one attached hydrogen (secondary N) is 2. The number of rotatable bonds is 7. The standard InChI is InChI=1S/C22H20ClF2N5O3S/c23-14-3-7-16(8-4-14)34(32,33)22(9-10-22)17-11-19(26)30-20(29-17)13-1-5-15(6-2-13)28-21(31)27-12-18(24)25/h1-8,11,18H,9-10,12H2,(H2,26,29,30)(H2,27,28,31). The summed E-state index contributed by atoms with van der Waals surface area (Å²) < 4.78 is 50.0. The molecule has 3 aromatic rings. The first-order valence-corrected chi connectivity index (χ1v) is 12.1. The second kappa shape index (κ2) is 9.15. The van der Waals surface area contributed by atoms with E-state index >= 15 is 0 Å². The minimum atomic E-state index is -3.76. The van der Waals surface area contributed by atoms with E-state index in [1.165, 1.54) is 30.3 Å². The predicted octanol–water partition coefficient (Wildman–Crippen LogP) is 4.23. The third kappa shape index (κ3) is 4.80. The van der Waals surface area contributed by atoms with Gasteiger partial charge in [-0.1, -0.05) is 11.6 Å². The summed E-state index contributed by atoms with van der Waals surface area (Å²) >= 11 is 5.90. The molecule has 0 atom stereocenters. The average Bonchev–Trinajstić information content (AvgIpc) is 3.61. The smallest absolute Gasteiger partial charge is 0.319 e. The number of aromatic nitrogens is 2. The van der Waals surface area contributed by atoms with Gasteiger partial charge in [-0.3, -0.25) is 0 Å². The monoisotopic (exact) mass is 507 g/mol. The van der Waals surface area contributed by atoms with Gasteiger partial charge in [0.15, 0.2) is 15.7 Å². The maximum absolute atomic E-state index is 13.4. The number of carbonyl (C=O) groups is 1. The Kier molecular flexibility index (Phi) is 6.41. The summed E-state index contributed by atoms with van der Waals surface area (Å²) in [4.78, 5) is 20.5. The van der Waals surface area contributed by atoms with E-state index in [2.05, 4.69) is 15.3 Å². The van der Waals surface area contributed by atoms with Gasteiger partial charge in [-0.15, -0.1) is 0 Å². The Hall–Kier alpha value is -3.31. The molecule has 4 N–H and O–H groups in total. The van der Waals surface area contributed by atoms with Crippen molar-refractivity contribution in [2.45, 2.75) is 28.9 Å². The van der Waals surface area contributed by atoms with Gasteiger partial charge >= 0.3 is 6.03 Å². The number of benzene rings is 2. The molecule has 0 aliphatic heterocycles. The van der Waals surface area contributed by atoms with Gasteiger partial charge in [0.2, 0.25) is 0 Å².